The summed E-state index contributed by atoms with van der Waals surface area (Å²) in [5.41, 5.74) is 7.06. The molecule has 0 saturated carbocycles. The van der Waals surface area contributed by atoms with Gasteiger partial charge in [-0.25, -0.2) is 9.97 Å². The van der Waals surface area contributed by atoms with Gasteiger partial charge in [0.15, 0.2) is 5.82 Å². The van der Waals surface area contributed by atoms with Crippen molar-refractivity contribution in [1.82, 2.24) is 14.5 Å². The van der Waals surface area contributed by atoms with Crippen LogP contribution < -0.4 is 0 Å². The number of para-hydroxylation sites is 1. The van der Waals surface area contributed by atoms with E-state index in [-0.39, 0.29) is 0 Å². The molecule has 0 aliphatic carbocycles. The maximum absolute atomic E-state index is 10.8. The van der Waals surface area contributed by atoms with E-state index in [2.05, 4.69) is 114 Å². The van der Waals surface area contributed by atoms with E-state index >= 15 is 0 Å². The molecular formula is C48H25N5S2. The molecule has 254 valence electrons. The zero-order valence-electron chi connectivity index (χ0n) is 29.0. The average molecular weight is 736 g/mol. The Kier molecular flexibility index (Phi) is 6.96. The molecule has 7 aromatic carbocycles. The second-order valence-electron chi connectivity index (χ2n) is 13.6. The summed E-state index contributed by atoms with van der Waals surface area (Å²) in [7, 11) is 0. The Labute approximate surface area is 322 Å². The van der Waals surface area contributed by atoms with E-state index in [0.29, 0.717) is 33.9 Å². The second-order valence-corrected chi connectivity index (χ2v) is 15.7. The van der Waals surface area contributed by atoms with E-state index in [4.69, 9.17) is 9.97 Å². The molecule has 0 amide bonds. The van der Waals surface area contributed by atoms with Gasteiger partial charge >= 0.3 is 0 Å². The summed E-state index contributed by atoms with van der Waals surface area (Å²) in [6, 6.07) is 56.7. The first-order chi connectivity index (χ1) is 27.2. The van der Waals surface area contributed by atoms with Crippen LogP contribution in [0.3, 0.4) is 0 Å². The van der Waals surface area contributed by atoms with Crippen LogP contribution in [0.1, 0.15) is 11.1 Å². The van der Waals surface area contributed by atoms with Gasteiger partial charge in [-0.15, -0.1) is 22.7 Å². The number of benzene rings is 7. The first kappa shape index (κ1) is 31.4. The summed E-state index contributed by atoms with van der Waals surface area (Å²) in [5, 5.41) is 28.7. The summed E-state index contributed by atoms with van der Waals surface area (Å²) in [6.07, 6.45) is 0. The molecule has 0 fully saturated rings. The predicted octanol–water partition coefficient (Wildman–Crippen LogP) is 13.1. The minimum Gasteiger partial charge on any atom is -0.308 e. The number of fused-ring (bicyclic) bond motifs is 9. The van der Waals surface area contributed by atoms with Crippen LogP contribution in [0.5, 0.6) is 0 Å². The highest BCUT2D eigenvalue weighted by atomic mass is 32.1. The number of hydrogen-bond donors (Lipinski definition) is 0. The van der Waals surface area contributed by atoms with Crippen molar-refractivity contribution in [3.05, 3.63) is 163 Å². The highest BCUT2D eigenvalue weighted by Gasteiger charge is 2.22. The molecule has 0 aliphatic rings. The number of nitriles is 2. The summed E-state index contributed by atoms with van der Waals surface area (Å²) < 4.78 is 7.01. The van der Waals surface area contributed by atoms with Gasteiger partial charge in [0.1, 0.15) is 17.7 Å². The fourth-order valence-electron chi connectivity index (χ4n) is 7.99. The molecule has 4 heterocycles. The van der Waals surface area contributed by atoms with Crippen LogP contribution in [0, 0.1) is 22.7 Å². The first-order valence-corrected chi connectivity index (χ1v) is 19.5. The van der Waals surface area contributed by atoms with Crippen molar-refractivity contribution in [2.45, 2.75) is 0 Å². The Morgan fingerprint density at radius 3 is 1.80 bits per heavy atom. The lowest BCUT2D eigenvalue weighted by atomic mass is 9.98. The summed E-state index contributed by atoms with van der Waals surface area (Å²) in [6.45, 7) is 0. The van der Waals surface area contributed by atoms with Gasteiger partial charge < -0.3 is 4.57 Å². The number of thiophene rings is 2. The van der Waals surface area contributed by atoms with Gasteiger partial charge in [-0.2, -0.15) is 10.5 Å². The Bertz CT molecular complexity index is 3470. The fraction of sp³-hybridized carbons (Fsp3) is 0. The highest BCUT2D eigenvalue weighted by molar-refractivity contribution is 7.26. The zero-order chi connectivity index (χ0) is 36.6. The van der Waals surface area contributed by atoms with Gasteiger partial charge in [0.25, 0.3) is 0 Å². The minimum absolute atomic E-state index is 0.360. The lowest BCUT2D eigenvalue weighted by molar-refractivity contribution is 1.15. The molecule has 11 rings (SSSR count). The molecular weight excluding hydrogens is 711 g/mol. The third-order valence-corrected chi connectivity index (χ3v) is 12.8. The third-order valence-electron chi connectivity index (χ3n) is 10.5. The molecule has 0 aliphatic heterocycles. The van der Waals surface area contributed by atoms with Crippen LogP contribution in [0.4, 0.5) is 0 Å². The van der Waals surface area contributed by atoms with E-state index in [9.17, 15) is 10.5 Å². The fourth-order valence-corrected chi connectivity index (χ4v) is 10.3. The van der Waals surface area contributed by atoms with E-state index in [1.165, 1.54) is 35.6 Å². The lowest BCUT2D eigenvalue weighted by Crippen LogP contribution is -2.02. The van der Waals surface area contributed by atoms with Crippen LogP contribution in [-0.4, -0.2) is 14.5 Å². The Balaban J connectivity index is 1.13. The van der Waals surface area contributed by atoms with Crippen LogP contribution >= 0.6 is 22.7 Å². The average Bonchev–Trinajstić information content (AvgIpc) is 3.91. The molecule has 4 aromatic heterocycles. The monoisotopic (exact) mass is 735 g/mol. The third kappa shape index (κ3) is 4.82. The Morgan fingerprint density at radius 2 is 1.05 bits per heavy atom. The number of rotatable bonds is 4. The largest absolute Gasteiger partial charge is 0.308 e. The van der Waals surface area contributed by atoms with Crippen molar-refractivity contribution >= 4 is 84.8 Å². The molecule has 5 nitrogen and oxygen atoms in total. The van der Waals surface area contributed by atoms with Gasteiger partial charge in [-0.3, -0.25) is 0 Å². The summed E-state index contributed by atoms with van der Waals surface area (Å²) >= 11 is 3.52. The standard InChI is InChI=1S/C48H25N5S2/c49-26-31-22-29(19-21-39(31)53-40-15-7-4-12-32(40)36-24-37-34-14-6-9-17-43(34)55-45(37)25-41(36)53)47-38(27-50)46(28-10-2-1-3-11-28)51-48(52-47)30-18-20-35-33-13-5-8-16-42(33)54-44(35)23-30/h1-25H. The lowest BCUT2D eigenvalue weighted by Gasteiger charge is -2.14. The van der Waals surface area contributed by atoms with Crippen molar-refractivity contribution in [2.24, 2.45) is 0 Å². The molecule has 11 aromatic rings. The summed E-state index contributed by atoms with van der Waals surface area (Å²) in [4.78, 5) is 10.2. The topological polar surface area (TPSA) is 78.3 Å². The van der Waals surface area contributed by atoms with Crippen molar-refractivity contribution in [2.75, 3.05) is 0 Å². The molecule has 0 N–H and O–H groups in total. The second kappa shape index (κ2) is 12.2. The number of aromatic nitrogens is 3. The molecule has 7 heteroatoms. The smallest absolute Gasteiger partial charge is 0.160 e. The normalized spacial score (nSPS) is 11.6. The van der Waals surface area contributed by atoms with Gasteiger partial charge in [0.2, 0.25) is 0 Å². The molecule has 0 saturated heterocycles. The molecule has 0 atom stereocenters. The van der Waals surface area contributed by atoms with Crippen LogP contribution in [-0.2, 0) is 0 Å². The van der Waals surface area contributed by atoms with E-state index < -0.39 is 0 Å². The Hall–Kier alpha value is -7.16. The van der Waals surface area contributed by atoms with Crippen molar-refractivity contribution in [1.29, 1.82) is 10.5 Å². The van der Waals surface area contributed by atoms with Crippen molar-refractivity contribution in [3.8, 4) is 51.7 Å². The van der Waals surface area contributed by atoms with Crippen molar-refractivity contribution < 1.29 is 0 Å². The van der Waals surface area contributed by atoms with Gasteiger partial charge in [-0.05, 0) is 48.5 Å². The zero-order valence-corrected chi connectivity index (χ0v) is 30.6. The molecule has 55 heavy (non-hydrogen) atoms. The quantitative estimate of drug-likeness (QED) is 0.180. The van der Waals surface area contributed by atoms with E-state index in [0.717, 1.165) is 43.3 Å². The summed E-state index contributed by atoms with van der Waals surface area (Å²) in [5.74, 6) is 0.518. The van der Waals surface area contributed by atoms with Crippen LogP contribution in [0.2, 0.25) is 0 Å². The van der Waals surface area contributed by atoms with E-state index in [1.807, 2.05) is 54.6 Å². The maximum Gasteiger partial charge on any atom is 0.160 e. The predicted molar refractivity (Wildman–Crippen MR) is 228 cm³/mol. The molecule has 0 bridgehead atoms. The molecule has 0 radical (unpaired) electrons. The van der Waals surface area contributed by atoms with Gasteiger partial charge in [-0.1, -0.05) is 103 Å². The maximum atomic E-state index is 10.8. The highest BCUT2D eigenvalue weighted by Crippen LogP contribution is 2.42. The van der Waals surface area contributed by atoms with Gasteiger partial charge in [0.05, 0.1) is 33.7 Å². The Morgan fingerprint density at radius 1 is 0.436 bits per heavy atom. The van der Waals surface area contributed by atoms with Gasteiger partial charge in [0, 0.05) is 67.8 Å². The van der Waals surface area contributed by atoms with Crippen molar-refractivity contribution in [3.63, 3.8) is 0 Å². The van der Waals surface area contributed by atoms with Crippen LogP contribution in [0.15, 0.2) is 152 Å². The number of hydrogen-bond acceptors (Lipinski definition) is 6. The van der Waals surface area contributed by atoms with E-state index in [1.54, 1.807) is 22.7 Å². The minimum atomic E-state index is 0.360. The number of nitrogens with zero attached hydrogens (tertiary/aromatic N) is 5. The molecule has 0 spiro atoms. The SMILES string of the molecule is N#Cc1cc(-c2nc(-c3ccc4c(c3)sc3ccccc34)nc(-c3ccccc3)c2C#N)ccc1-n1c2ccccc2c2cc3c(cc21)sc1ccccc13. The molecule has 0 unspecified atom stereocenters. The van der Waals surface area contributed by atoms with Crippen LogP contribution in [0.25, 0.3) is 102 Å². The first-order valence-electron chi connectivity index (χ1n) is 17.9.